The van der Waals surface area contributed by atoms with Gasteiger partial charge in [0.15, 0.2) is 0 Å². The third kappa shape index (κ3) is 4.71. The highest BCUT2D eigenvalue weighted by atomic mass is 32.2. The van der Waals surface area contributed by atoms with E-state index in [1.54, 1.807) is 11.8 Å². The fraction of sp³-hybridized carbons (Fsp3) is 0.0690. The Bertz CT molecular complexity index is 1360. The van der Waals surface area contributed by atoms with Crippen LogP contribution in [0.4, 0.5) is 0 Å². The minimum atomic E-state index is -0.0441. The van der Waals surface area contributed by atoms with Gasteiger partial charge in [-0.15, -0.1) is 11.8 Å². The van der Waals surface area contributed by atoms with E-state index in [9.17, 15) is 4.79 Å². The SMILES string of the molecule is O=C(NCCSc1c(-c2ccccc2)[nH]c2ccccc12)c1ccc(-c2ccccc2)cc1. The second kappa shape index (κ2) is 9.80. The molecular formula is C29H24N2OS. The molecule has 0 aliphatic carbocycles. The number of hydrogen-bond acceptors (Lipinski definition) is 2. The van der Waals surface area contributed by atoms with Crippen molar-refractivity contribution in [2.24, 2.45) is 0 Å². The van der Waals surface area contributed by atoms with Crippen LogP contribution in [0, 0.1) is 0 Å². The van der Waals surface area contributed by atoms with Crippen molar-refractivity contribution < 1.29 is 4.79 Å². The summed E-state index contributed by atoms with van der Waals surface area (Å²) in [7, 11) is 0. The summed E-state index contributed by atoms with van der Waals surface area (Å²) in [5.74, 6) is 0.743. The fourth-order valence-corrected chi connectivity index (χ4v) is 4.99. The summed E-state index contributed by atoms with van der Waals surface area (Å²) in [5.41, 5.74) is 6.35. The summed E-state index contributed by atoms with van der Waals surface area (Å²) in [6.07, 6.45) is 0. The van der Waals surface area contributed by atoms with Crippen LogP contribution in [0.3, 0.4) is 0 Å². The molecule has 5 rings (SSSR count). The number of hydrogen-bond donors (Lipinski definition) is 2. The maximum atomic E-state index is 12.6. The lowest BCUT2D eigenvalue weighted by molar-refractivity contribution is 0.0956. The van der Waals surface area contributed by atoms with Gasteiger partial charge in [-0.05, 0) is 34.9 Å². The van der Waals surface area contributed by atoms with E-state index in [0.29, 0.717) is 12.1 Å². The molecule has 0 saturated carbocycles. The van der Waals surface area contributed by atoms with Gasteiger partial charge in [0.05, 0.1) is 5.69 Å². The summed E-state index contributed by atoms with van der Waals surface area (Å²) in [5, 5.41) is 4.27. The van der Waals surface area contributed by atoms with Gasteiger partial charge in [-0.3, -0.25) is 4.79 Å². The number of para-hydroxylation sites is 1. The molecule has 0 atom stereocenters. The lowest BCUT2D eigenvalue weighted by Gasteiger charge is -2.08. The first kappa shape index (κ1) is 21.1. The second-order valence-electron chi connectivity index (χ2n) is 7.79. The molecule has 33 heavy (non-hydrogen) atoms. The van der Waals surface area contributed by atoms with Crippen LogP contribution in [0.1, 0.15) is 10.4 Å². The van der Waals surface area contributed by atoms with E-state index in [1.165, 1.54) is 15.8 Å². The van der Waals surface area contributed by atoms with Crippen molar-refractivity contribution in [3.05, 3.63) is 115 Å². The largest absolute Gasteiger partial charge is 0.354 e. The highest BCUT2D eigenvalue weighted by molar-refractivity contribution is 7.99. The van der Waals surface area contributed by atoms with Crippen LogP contribution in [0.2, 0.25) is 0 Å². The molecular weight excluding hydrogens is 424 g/mol. The average molecular weight is 449 g/mol. The number of nitrogens with one attached hydrogen (secondary N) is 2. The molecule has 2 N–H and O–H groups in total. The lowest BCUT2D eigenvalue weighted by atomic mass is 10.0. The summed E-state index contributed by atoms with van der Waals surface area (Å²) in [6.45, 7) is 0.595. The zero-order valence-corrected chi connectivity index (χ0v) is 18.9. The first-order chi connectivity index (χ1) is 16.3. The van der Waals surface area contributed by atoms with Crippen molar-refractivity contribution in [3.63, 3.8) is 0 Å². The van der Waals surface area contributed by atoms with Crippen LogP contribution in [0.25, 0.3) is 33.3 Å². The molecule has 0 unspecified atom stereocenters. The second-order valence-corrected chi connectivity index (χ2v) is 8.89. The molecule has 1 aromatic heterocycles. The minimum absolute atomic E-state index is 0.0441. The average Bonchev–Trinajstić information content (AvgIpc) is 3.26. The minimum Gasteiger partial charge on any atom is -0.354 e. The molecule has 0 fully saturated rings. The number of H-pyrrole nitrogens is 1. The predicted molar refractivity (Wildman–Crippen MR) is 139 cm³/mol. The van der Waals surface area contributed by atoms with Gasteiger partial charge in [-0.25, -0.2) is 0 Å². The smallest absolute Gasteiger partial charge is 0.251 e. The molecule has 0 aliphatic rings. The quantitative estimate of drug-likeness (QED) is 0.207. The Balaban J connectivity index is 1.24. The van der Waals surface area contributed by atoms with Gasteiger partial charge >= 0.3 is 0 Å². The third-order valence-corrected chi connectivity index (χ3v) is 6.73. The highest BCUT2D eigenvalue weighted by Gasteiger charge is 2.13. The molecule has 0 aliphatic heterocycles. The van der Waals surface area contributed by atoms with Crippen molar-refractivity contribution >= 4 is 28.6 Å². The number of carbonyl (C=O) groups excluding carboxylic acids is 1. The van der Waals surface area contributed by atoms with E-state index in [1.807, 2.05) is 54.6 Å². The first-order valence-electron chi connectivity index (χ1n) is 11.0. The number of fused-ring (bicyclic) bond motifs is 1. The molecule has 4 heteroatoms. The molecule has 1 heterocycles. The van der Waals surface area contributed by atoms with Crippen LogP contribution < -0.4 is 5.32 Å². The molecule has 1 amide bonds. The van der Waals surface area contributed by atoms with E-state index < -0.39 is 0 Å². The van der Waals surface area contributed by atoms with E-state index in [2.05, 4.69) is 64.9 Å². The summed E-state index contributed by atoms with van der Waals surface area (Å²) in [6, 6.07) is 36.7. The topological polar surface area (TPSA) is 44.9 Å². The number of carbonyl (C=O) groups is 1. The Morgan fingerprint density at radius 3 is 2.03 bits per heavy atom. The maximum absolute atomic E-state index is 12.6. The number of thioether (sulfide) groups is 1. The van der Waals surface area contributed by atoms with Gasteiger partial charge in [0.1, 0.15) is 0 Å². The third-order valence-electron chi connectivity index (χ3n) is 5.61. The van der Waals surface area contributed by atoms with Gasteiger partial charge in [-0.1, -0.05) is 91.0 Å². The number of benzene rings is 4. The molecule has 5 aromatic rings. The van der Waals surface area contributed by atoms with Crippen LogP contribution in [-0.4, -0.2) is 23.2 Å². The van der Waals surface area contributed by atoms with Crippen molar-refractivity contribution in [1.82, 2.24) is 10.3 Å². The van der Waals surface area contributed by atoms with E-state index in [4.69, 9.17) is 0 Å². The van der Waals surface area contributed by atoms with Crippen LogP contribution in [-0.2, 0) is 0 Å². The Labute approximate surface area is 197 Å². The van der Waals surface area contributed by atoms with Gasteiger partial charge in [-0.2, -0.15) is 0 Å². The number of aromatic amines is 1. The van der Waals surface area contributed by atoms with Crippen molar-refractivity contribution in [2.75, 3.05) is 12.3 Å². The molecule has 0 spiro atoms. The summed E-state index contributed by atoms with van der Waals surface area (Å²) in [4.78, 5) is 17.4. The van der Waals surface area contributed by atoms with Crippen LogP contribution >= 0.6 is 11.8 Å². The normalized spacial score (nSPS) is 10.9. The molecule has 3 nitrogen and oxygen atoms in total. The zero-order valence-electron chi connectivity index (χ0n) is 18.1. The van der Waals surface area contributed by atoms with Crippen molar-refractivity contribution in [3.8, 4) is 22.4 Å². The summed E-state index contributed by atoms with van der Waals surface area (Å²) >= 11 is 1.77. The van der Waals surface area contributed by atoms with Gasteiger partial charge in [0, 0.05) is 33.7 Å². The Morgan fingerprint density at radius 2 is 1.30 bits per heavy atom. The molecule has 0 bridgehead atoms. The lowest BCUT2D eigenvalue weighted by Crippen LogP contribution is -2.25. The van der Waals surface area contributed by atoms with Crippen molar-refractivity contribution in [1.29, 1.82) is 0 Å². The standard InChI is InChI=1S/C29H24N2OS/c32-29(24-17-15-22(16-18-24)21-9-3-1-4-10-21)30-19-20-33-28-25-13-7-8-14-26(25)31-27(28)23-11-5-2-6-12-23/h1-18,31H,19-20H2,(H,30,32). The Morgan fingerprint density at radius 1 is 0.697 bits per heavy atom. The monoisotopic (exact) mass is 448 g/mol. The van der Waals surface area contributed by atoms with E-state index >= 15 is 0 Å². The van der Waals surface area contributed by atoms with Gasteiger partial charge < -0.3 is 10.3 Å². The van der Waals surface area contributed by atoms with Crippen molar-refractivity contribution in [2.45, 2.75) is 4.90 Å². The zero-order chi connectivity index (χ0) is 22.5. The first-order valence-corrected chi connectivity index (χ1v) is 12.0. The number of rotatable bonds is 7. The number of amides is 1. The van der Waals surface area contributed by atoms with Gasteiger partial charge in [0.25, 0.3) is 5.91 Å². The predicted octanol–water partition coefficient (Wildman–Crippen LogP) is 7.02. The number of aromatic nitrogens is 1. The van der Waals surface area contributed by atoms with Crippen LogP contribution in [0.5, 0.6) is 0 Å². The van der Waals surface area contributed by atoms with Gasteiger partial charge in [0.2, 0.25) is 0 Å². The highest BCUT2D eigenvalue weighted by Crippen LogP contribution is 2.37. The molecule has 162 valence electrons. The maximum Gasteiger partial charge on any atom is 0.251 e. The van der Waals surface area contributed by atoms with E-state index in [-0.39, 0.29) is 5.91 Å². The van der Waals surface area contributed by atoms with E-state index in [0.717, 1.165) is 28.1 Å². The fourth-order valence-electron chi connectivity index (χ4n) is 3.94. The Kier molecular flexibility index (Phi) is 6.27. The summed E-state index contributed by atoms with van der Waals surface area (Å²) < 4.78 is 0. The molecule has 4 aromatic carbocycles. The van der Waals surface area contributed by atoms with Crippen LogP contribution in [0.15, 0.2) is 114 Å². The molecule has 0 radical (unpaired) electrons. The molecule has 0 saturated heterocycles. The Hall–Kier alpha value is -3.76.